The van der Waals surface area contributed by atoms with Crippen LogP contribution >= 0.6 is 0 Å². The van der Waals surface area contributed by atoms with Crippen molar-refractivity contribution in [2.75, 3.05) is 18.0 Å². The summed E-state index contributed by atoms with van der Waals surface area (Å²) in [4.78, 5) is 23.2. The smallest absolute Gasteiger partial charge is 0.223 e. The lowest BCUT2D eigenvalue weighted by molar-refractivity contribution is -0.125. The van der Waals surface area contributed by atoms with E-state index in [0.29, 0.717) is 6.54 Å². The molecule has 0 atom stereocenters. The molecule has 1 saturated heterocycles. The van der Waals surface area contributed by atoms with Crippen molar-refractivity contribution in [3.8, 4) is 0 Å². The number of anilines is 1. The van der Waals surface area contributed by atoms with Crippen molar-refractivity contribution >= 4 is 22.5 Å². The maximum atomic E-state index is 12.5. The van der Waals surface area contributed by atoms with Crippen LogP contribution in [0.25, 0.3) is 10.8 Å². The summed E-state index contributed by atoms with van der Waals surface area (Å²) in [5.74, 6) is 1.11. The third-order valence-electron chi connectivity index (χ3n) is 5.02. The molecule has 26 heavy (non-hydrogen) atoms. The zero-order chi connectivity index (χ0) is 17.8. The van der Waals surface area contributed by atoms with Crippen molar-refractivity contribution in [2.24, 2.45) is 5.92 Å². The number of carbonyl (C=O) groups excluding carboxylic acids is 1. The molecule has 1 aliphatic heterocycles. The Balaban J connectivity index is 1.31. The highest BCUT2D eigenvalue weighted by Gasteiger charge is 2.25. The molecule has 1 fully saturated rings. The molecule has 1 N–H and O–H groups in total. The molecule has 0 bridgehead atoms. The van der Waals surface area contributed by atoms with Crippen LogP contribution < -0.4 is 10.2 Å². The molecule has 0 unspecified atom stereocenters. The summed E-state index contributed by atoms with van der Waals surface area (Å²) in [7, 11) is 0. The molecule has 0 spiro atoms. The van der Waals surface area contributed by atoms with Gasteiger partial charge in [-0.05, 0) is 35.2 Å². The van der Waals surface area contributed by atoms with Crippen molar-refractivity contribution in [1.29, 1.82) is 0 Å². The molecule has 2 heterocycles. The average Bonchev–Trinajstić information content (AvgIpc) is 2.72. The van der Waals surface area contributed by atoms with Gasteiger partial charge in [-0.1, -0.05) is 36.4 Å². The maximum Gasteiger partial charge on any atom is 0.223 e. The van der Waals surface area contributed by atoms with Gasteiger partial charge in [-0.2, -0.15) is 0 Å². The number of rotatable bonds is 4. The summed E-state index contributed by atoms with van der Waals surface area (Å²) in [5.41, 5.74) is 1.13. The van der Waals surface area contributed by atoms with Gasteiger partial charge < -0.3 is 10.2 Å². The van der Waals surface area contributed by atoms with Crippen LogP contribution in [0.5, 0.6) is 0 Å². The molecular formula is C21H22N4O. The molecule has 1 aromatic heterocycles. The zero-order valence-electron chi connectivity index (χ0n) is 14.6. The molecule has 0 saturated carbocycles. The Labute approximate surface area is 153 Å². The van der Waals surface area contributed by atoms with Crippen LogP contribution in [0.2, 0.25) is 0 Å². The first-order valence-electron chi connectivity index (χ1n) is 9.06. The highest BCUT2D eigenvalue weighted by Crippen LogP contribution is 2.21. The van der Waals surface area contributed by atoms with E-state index in [1.807, 2.05) is 12.1 Å². The number of piperidine rings is 1. The number of fused-ring (bicyclic) bond motifs is 1. The predicted octanol–water partition coefficient (Wildman–Crippen LogP) is 3.16. The SMILES string of the molecule is O=C(NCc1ccc2ccccc2c1)C1CCN(c2cnccn2)CC1. The standard InChI is InChI=1S/C21H22N4O/c26-21(18-7-11-25(12-8-18)20-15-22-9-10-23-20)24-14-16-5-6-17-3-1-2-4-19(17)13-16/h1-6,9-10,13,15,18H,7-8,11-12,14H2,(H,24,26). The quantitative estimate of drug-likeness (QED) is 0.788. The first kappa shape index (κ1) is 16.5. The van der Waals surface area contributed by atoms with E-state index in [1.54, 1.807) is 18.6 Å². The number of benzene rings is 2. The van der Waals surface area contributed by atoms with Gasteiger partial charge in [0.05, 0.1) is 6.20 Å². The summed E-state index contributed by atoms with van der Waals surface area (Å²) in [5, 5.41) is 5.53. The van der Waals surface area contributed by atoms with Crippen molar-refractivity contribution in [3.05, 3.63) is 66.6 Å². The van der Waals surface area contributed by atoms with Crippen LogP contribution in [-0.2, 0) is 11.3 Å². The van der Waals surface area contributed by atoms with Crippen LogP contribution in [-0.4, -0.2) is 29.0 Å². The van der Waals surface area contributed by atoms with Crippen LogP contribution in [0.3, 0.4) is 0 Å². The number of hydrogen-bond donors (Lipinski definition) is 1. The van der Waals surface area contributed by atoms with Gasteiger partial charge in [0.1, 0.15) is 5.82 Å². The fraction of sp³-hybridized carbons (Fsp3) is 0.286. The second kappa shape index (κ2) is 7.52. The third kappa shape index (κ3) is 3.67. The van der Waals surface area contributed by atoms with Crippen molar-refractivity contribution in [3.63, 3.8) is 0 Å². The molecule has 2 aromatic carbocycles. The predicted molar refractivity (Wildman–Crippen MR) is 103 cm³/mol. The Bertz CT molecular complexity index is 889. The van der Waals surface area contributed by atoms with Gasteiger partial charge in [0, 0.05) is 37.9 Å². The van der Waals surface area contributed by atoms with Crippen LogP contribution in [0, 0.1) is 5.92 Å². The lowest BCUT2D eigenvalue weighted by Crippen LogP contribution is -2.40. The van der Waals surface area contributed by atoms with E-state index in [4.69, 9.17) is 0 Å². The number of amides is 1. The highest BCUT2D eigenvalue weighted by molar-refractivity contribution is 5.83. The summed E-state index contributed by atoms with van der Waals surface area (Å²) in [6.45, 7) is 2.26. The third-order valence-corrected chi connectivity index (χ3v) is 5.02. The molecule has 0 aliphatic carbocycles. The molecular weight excluding hydrogens is 324 g/mol. The minimum absolute atomic E-state index is 0.0726. The van der Waals surface area contributed by atoms with Gasteiger partial charge in [0.25, 0.3) is 0 Å². The van der Waals surface area contributed by atoms with Gasteiger partial charge in [-0.15, -0.1) is 0 Å². The summed E-state index contributed by atoms with van der Waals surface area (Å²) < 4.78 is 0. The molecule has 1 aliphatic rings. The van der Waals surface area contributed by atoms with E-state index >= 15 is 0 Å². The number of aromatic nitrogens is 2. The Hall–Kier alpha value is -2.95. The normalized spacial score (nSPS) is 15.2. The number of nitrogens with zero attached hydrogens (tertiary/aromatic N) is 3. The molecule has 132 valence electrons. The van der Waals surface area contributed by atoms with Gasteiger partial charge >= 0.3 is 0 Å². The second-order valence-electron chi connectivity index (χ2n) is 6.72. The lowest BCUT2D eigenvalue weighted by atomic mass is 9.96. The summed E-state index contributed by atoms with van der Waals surface area (Å²) in [6.07, 6.45) is 6.86. The highest BCUT2D eigenvalue weighted by atomic mass is 16.1. The first-order valence-corrected chi connectivity index (χ1v) is 9.06. The van der Waals surface area contributed by atoms with E-state index in [0.717, 1.165) is 37.3 Å². The molecule has 5 nitrogen and oxygen atoms in total. The lowest BCUT2D eigenvalue weighted by Gasteiger charge is -2.31. The van der Waals surface area contributed by atoms with Crippen molar-refractivity contribution in [2.45, 2.75) is 19.4 Å². The maximum absolute atomic E-state index is 12.5. The fourth-order valence-electron chi connectivity index (χ4n) is 3.51. The Morgan fingerprint density at radius 3 is 2.65 bits per heavy atom. The largest absolute Gasteiger partial charge is 0.355 e. The first-order chi connectivity index (χ1) is 12.8. The molecule has 5 heteroatoms. The van der Waals surface area contributed by atoms with Gasteiger partial charge in [0.15, 0.2) is 0 Å². The van der Waals surface area contributed by atoms with Crippen molar-refractivity contribution in [1.82, 2.24) is 15.3 Å². The average molecular weight is 346 g/mol. The Morgan fingerprint density at radius 2 is 1.88 bits per heavy atom. The van der Waals surface area contributed by atoms with Crippen molar-refractivity contribution < 1.29 is 4.79 Å². The summed E-state index contributed by atoms with van der Waals surface area (Å²) in [6, 6.07) is 14.6. The van der Waals surface area contributed by atoms with E-state index < -0.39 is 0 Å². The minimum Gasteiger partial charge on any atom is -0.355 e. The summed E-state index contributed by atoms with van der Waals surface area (Å²) >= 11 is 0. The van der Waals surface area contributed by atoms with Crippen LogP contribution in [0.4, 0.5) is 5.82 Å². The fourth-order valence-corrected chi connectivity index (χ4v) is 3.51. The van der Waals surface area contributed by atoms with E-state index in [2.05, 4.69) is 50.5 Å². The molecule has 0 radical (unpaired) electrons. The number of hydrogen-bond acceptors (Lipinski definition) is 4. The van der Waals surface area contributed by atoms with Crippen LogP contribution in [0.15, 0.2) is 61.1 Å². The minimum atomic E-state index is 0.0726. The topological polar surface area (TPSA) is 58.1 Å². The van der Waals surface area contributed by atoms with E-state index in [1.165, 1.54) is 10.8 Å². The second-order valence-corrected chi connectivity index (χ2v) is 6.72. The zero-order valence-corrected chi connectivity index (χ0v) is 14.6. The number of nitrogens with one attached hydrogen (secondary N) is 1. The molecule has 3 aromatic rings. The Kier molecular flexibility index (Phi) is 4.78. The van der Waals surface area contributed by atoms with Gasteiger partial charge in [-0.3, -0.25) is 9.78 Å². The molecule has 4 rings (SSSR count). The Morgan fingerprint density at radius 1 is 1.08 bits per heavy atom. The monoisotopic (exact) mass is 346 g/mol. The van der Waals surface area contributed by atoms with E-state index in [9.17, 15) is 4.79 Å². The van der Waals surface area contributed by atoms with E-state index in [-0.39, 0.29) is 11.8 Å². The van der Waals surface area contributed by atoms with Gasteiger partial charge in [0.2, 0.25) is 5.91 Å². The molecule has 1 amide bonds. The van der Waals surface area contributed by atoms with Gasteiger partial charge in [-0.25, -0.2) is 4.98 Å². The van der Waals surface area contributed by atoms with Crippen LogP contribution in [0.1, 0.15) is 18.4 Å². The number of carbonyl (C=O) groups is 1.